The van der Waals surface area contributed by atoms with Crippen molar-refractivity contribution in [1.29, 1.82) is 0 Å². The van der Waals surface area contributed by atoms with E-state index in [4.69, 9.17) is 5.73 Å². The SMILES string of the molecule is NC1(c2cccc(F)c2)CCCN(Cc2ccccc2)C1. The molecule has 3 rings (SSSR count). The van der Waals surface area contributed by atoms with E-state index < -0.39 is 5.54 Å². The molecule has 2 N–H and O–H groups in total. The molecule has 3 heteroatoms. The maximum absolute atomic E-state index is 13.5. The Kier molecular flexibility index (Phi) is 4.04. The summed E-state index contributed by atoms with van der Waals surface area (Å²) < 4.78 is 13.5. The molecule has 1 aliphatic heterocycles. The van der Waals surface area contributed by atoms with Crippen molar-refractivity contribution in [2.45, 2.75) is 24.9 Å². The topological polar surface area (TPSA) is 29.3 Å². The van der Waals surface area contributed by atoms with Crippen LogP contribution in [0.25, 0.3) is 0 Å². The number of hydrogen-bond acceptors (Lipinski definition) is 2. The number of likely N-dealkylation sites (tertiary alicyclic amines) is 1. The zero-order valence-corrected chi connectivity index (χ0v) is 12.1. The molecule has 1 fully saturated rings. The van der Waals surface area contributed by atoms with Gasteiger partial charge in [0.2, 0.25) is 0 Å². The van der Waals surface area contributed by atoms with E-state index in [2.05, 4.69) is 29.2 Å². The van der Waals surface area contributed by atoms with Crippen LogP contribution in [0.15, 0.2) is 54.6 Å². The van der Waals surface area contributed by atoms with Crippen LogP contribution >= 0.6 is 0 Å². The van der Waals surface area contributed by atoms with E-state index in [1.54, 1.807) is 12.1 Å². The van der Waals surface area contributed by atoms with E-state index in [-0.39, 0.29) is 5.82 Å². The largest absolute Gasteiger partial charge is 0.320 e. The summed E-state index contributed by atoms with van der Waals surface area (Å²) in [5, 5.41) is 0. The van der Waals surface area contributed by atoms with Crippen LogP contribution in [-0.2, 0) is 12.1 Å². The summed E-state index contributed by atoms with van der Waals surface area (Å²) in [5.74, 6) is -0.211. The molecular formula is C18H21FN2. The Morgan fingerprint density at radius 2 is 1.90 bits per heavy atom. The van der Waals surface area contributed by atoms with Crippen LogP contribution in [0.4, 0.5) is 4.39 Å². The van der Waals surface area contributed by atoms with Gasteiger partial charge in [0.05, 0.1) is 5.54 Å². The first-order valence-electron chi connectivity index (χ1n) is 7.47. The Morgan fingerprint density at radius 3 is 2.67 bits per heavy atom. The smallest absolute Gasteiger partial charge is 0.123 e. The first-order valence-corrected chi connectivity index (χ1v) is 7.47. The first-order chi connectivity index (χ1) is 10.2. The van der Waals surface area contributed by atoms with Crippen LogP contribution < -0.4 is 5.73 Å². The molecule has 1 aliphatic rings. The second kappa shape index (κ2) is 5.96. The van der Waals surface area contributed by atoms with Gasteiger partial charge < -0.3 is 5.73 Å². The molecule has 2 aromatic rings. The van der Waals surface area contributed by atoms with Gasteiger partial charge in [-0.3, -0.25) is 4.90 Å². The highest BCUT2D eigenvalue weighted by atomic mass is 19.1. The van der Waals surface area contributed by atoms with Crippen LogP contribution in [0.2, 0.25) is 0 Å². The average Bonchev–Trinajstić information content (AvgIpc) is 2.48. The molecule has 1 heterocycles. The van der Waals surface area contributed by atoms with E-state index in [1.165, 1.54) is 11.6 Å². The van der Waals surface area contributed by atoms with Gasteiger partial charge in [-0.05, 0) is 42.6 Å². The van der Waals surface area contributed by atoms with Crippen molar-refractivity contribution in [2.24, 2.45) is 5.73 Å². The van der Waals surface area contributed by atoms with Crippen molar-refractivity contribution in [3.05, 3.63) is 71.5 Å². The number of halogens is 1. The second-order valence-corrected chi connectivity index (χ2v) is 5.97. The Balaban J connectivity index is 1.76. The molecule has 21 heavy (non-hydrogen) atoms. The van der Waals surface area contributed by atoms with Gasteiger partial charge in [-0.2, -0.15) is 0 Å². The number of piperidine rings is 1. The van der Waals surface area contributed by atoms with Crippen LogP contribution in [0.5, 0.6) is 0 Å². The molecule has 0 spiro atoms. The molecule has 110 valence electrons. The fourth-order valence-electron chi connectivity index (χ4n) is 3.19. The third-order valence-electron chi connectivity index (χ3n) is 4.25. The quantitative estimate of drug-likeness (QED) is 0.937. The van der Waals surface area contributed by atoms with Gasteiger partial charge in [-0.15, -0.1) is 0 Å². The van der Waals surface area contributed by atoms with Gasteiger partial charge >= 0.3 is 0 Å². The maximum atomic E-state index is 13.5. The van der Waals surface area contributed by atoms with Gasteiger partial charge in [0, 0.05) is 13.1 Å². The lowest BCUT2D eigenvalue weighted by molar-refractivity contribution is 0.142. The molecule has 0 saturated carbocycles. The van der Waals surface area contributed by atoms with Crippen LogP contribution in [0, 0.1) is 5.82 Å². The normalized spacial score (nSPS) is 23.1. The summed E-state index contributed by atoms with van der Waals surface area (Å²) in [5.41, 5.74) is 8.33. The molecule has 0 amide bonds. The summed E-state index contributed by atoms with van der Waals surface area (Å²) in [7, 11) is 0. The summed E-state index contributed by atoms with van der Waals surface area (Å²) in [6.07, 6.45) is 1.95. The number of nitrogens with two attached hydrogens (primary N) is 1. The number of benzene rings is 2. The van der Waals surface area contributed by atoms with Gasteiger partial charge in [0.1, 0.15) is 5.82 Å². The van der Waals surface area contributed by atoms with Gasteiger partial charge in [-0.25, -0.2) is 4.39 Å². The molecular weight excluding hydrogens is 263 g/mol. The molecule has 0 aromatic heterocycles. The minimum Gasteiger partial charge on any atom is -0.320 e. The van der Waals surface area contributed by atoms with Crippen LogP contribution in [-0.4, -0.2) is 18.0 Å². The number of nitrogens with zero attached hydrogens (tertiary/aromatic N) is 1. The van der Waals surface area contributed by atoms with Gasteiger partial charge in [0.25, 0.3) is 0 Å². The minimum absolute atomic E-state index is 0.211. The van der Waals surface area contributed by atoms with Crippen LogP contribution in [0.1, 0.15) is 24.0 Å². The second-order valence-electron chi connectivity index (χ2n) is 5.97. The standard InChI is InChI=1S/C18H21FN2/c19-17-9-4-8-16(12-17)18(20)10-5-11-21(14-18)13-15-6-2-1-3-7-15/h1-4,6-9,12H,5,10-11,13-14,20H2. The fourth-order valence-corrected chi connectivity index (χ4v) is 3.19. The van der Waals surface area contributed by atoms with Crippen molar-refractivity contribution in [3.63, 3.8) is 0 Å². The predicted molar refractivity (Wildman–Crippen MR) is 83.2 cm³/mol. The van der Waals surface area contributed by atoms with E-state index in [9.17, 15) is 4.39 Å². The average molecular weight is 284 g/mol. The number of rotatable bonds is 3. The Labute approximate surface area is 125 Å². The third kappa shape index (κ3) is 3.31. The summed E-state index contributed by atoms with van der Waals surface area (Å²) in [4.78, 5) is 2.36. The van der Waals surface area contributed by atoms with Crippen molar-refractivity contribution < 1.29 is 4.39 Å². The first kappa shape index (κ1) is 14.2. The molecule has 2 aromatic carbocycles. The monoisotopic (exact) mass is 284 g/mol. The van der Waals surface area contributed by atoms with Crippen molar-refractivity contribution in [2.75, 3.05) is 13.1 Å². The summed E-state index contributed by atoms with van der Waals surface area (Å²) in [6.45, 7) is 2.71. The zero-order chi connectivity index (χ0) is 14.7. The van der Waals surface area contributed by atoms with E-state index in [0.29, 0.717) is 0 Å². The van der Waals surface area contributed by atoms with Gasteiger partial charge in [0.15, 0.2) is 0 Å². The molecule has 0 aliphatic carbocycles. The molecule has 1 atom stereocenters. The van der Waals surface area contributed by atoms with Crippen molar-refractivity contribution in [3.8, 4) is 0 Å². The number of hydrogen-bond donors (Lipinski definition) is 1. The van der Waals surface area contributed by atoms with E-state index in [0.717, 1.165) is 38.0 Å². The predicted octanol–water partition coefficient (Wildman–Crippen LogP) is 3.28. The van der Waals surface area contributed by atoms with Crippen molar-refractivity contribution in [1.82, 2.24) is 4.90 Å². The van der Waals surface area contributed by atoms with Gasteiger partial charge in [-0.1, -0.05) is 42.5 Å². The highest BCUT2D eigenvalue weighted by molar-refractivity contribution is 5.26. The fraction of sp³-hybridized carbons (Fsp3) is 0.333. The Hall–Kier alpha value is -1.71. The van der Waals surface area contributed by atoms with E-state index >= 15 is 0 Å². The maximum Gasteiger partial charge on any atom is 0.123 e. The highest BCUT2D eigenvalue weighted by Crippen LogP contribution is 2.30. The molecule has 2 nitrogen and oxygen atoms in total. The van der Waals surface area contributed by atoms with Crippen molar-refractivity contribution >= 4 is 0 Å². The summed E-state index contributed by atoms with van der Waals surface area (Å²) in [6, 6.07) is 17.1. The molecule has 1 unspecified atom stereocenters. The molecule has 0 radical (unpaired) electrons. The molecule has 1 saturated heterocycles. The summed E-state index contributed by atoms with van der Waals surface area (Å²) >= 11 is 0. The lowest BCUT2D eigenvalue weighted by Gasteiger charge is -2.40. The Morgan fingerprint density at radius 1 is 1.10 bits per heavy atom. The lowest BCUT2D eigenvalue weighted by atomic mass is 9.83. The third-order valence-corrected chi connectivity index (χ3v) is 4.25. The zero-order valence-electron chi connectivity index (χ0n) is 12.1. The highest BCUT2D eigenvalue weighted by Gasteiger charge is 2.33. The molecule has 0 bridgehead atoms. The Bertz CT molecular complexity index is 599. The lowest BCUT2D eigenvalue weighted by Crippen LogP contribution is -2.51. The minimum atomic E-state index is -0.449. The van der Waals surface area contributed by atoms with Crippen LogP contribution in [0.3, 0.4) is 0 Å². The van der Waals surface area contributed by atoms with E-state index in [1.807, 2.05) is 12.1 Å².